The molecule has 114 valence electrons. The van der Waals surface area contributed by atoms with Crippen LogP contribution in [0.25, 0.3) is 0 Å². The van der Waals surface area contributed by atoms with E-state index in [2.05, 4.69) is 12.2 Å². The monoisotopic (exact) mass is 289 g/mol. The van der Waals surface area contributed by atoms with E-state index in [1.807, 2.05) is 36.4 Å². The molecule has 1 heterocycles. The lowest BCUT2D eigenvalue weighted by Crippen LogP contribution is -2.30. The Hall–Kier alpha value is -1.78. The largest absolute Gasteiger partial charge is 0.497 e. The molecule has 2 unspecified atom stereocenters. The lowest BCUT2D eigenvalue weighted by Gasteiger charge is -2.17. The summed E-state index contributed by atoms with van der Waals surface area (Å²) in [6.07, 6.45) is 3.03. The first kappa shape index (κ1) is 15.6. The number of methoxy groups -OCH3 is 1. The molecule has 4 nitrogen and oxygen atoms in total. The molecule has 4 heteroatoms. The molecule has 0 aliphatic heterocycles. The number of ether oxygens (including phenoxy) is 1. The molecular weight excluding hydrogens is 266 g/mol. The molecule has 0 aliphatic carbocycles. The van der Waals surface area contributed by atoms with E-state index in [1.165, 1.54) is 0 Å². The maximum Gasteiger partial charge on any atom is 0.119 e. The molecule has 0 fully saturated rings. The molecule has 0 amide bonds. The number of benzene rings is 1. The van der Waals surface area contributed by atoms with Gasteiger partial charge in [-0.05, 0) is 43.2 Å². The Kier molecular flexibility index (Phi) is 5.84. The predicted molar refractivity (Wildman–Crippen MR) is 82.4 cm³/mol. The fourth-order valence-corrected chi connectivity index (χ4v) is 2.20. The zero-order valence-electron chi connectivity index (χ0n) is 12.6. The Morgan fingerprint density at radius 3 is 2.86 bits per heavy atom. The summed E-state index contributed by atoms with van der Waals surface area (Å²) in [6.45, 7) is 2.63. The number of aliphatic hydroxyl groups is 1. The summed E-state index contributed by atoms with van der Waals surface area (Å²) in [7, 11) is 1.63. The fraction of sp³-hybridized carbons (Fsp3) is 0.412. The van der Waals surface area contributed by atoms with E-state index < -0.39 is 6.10 Å². The maximum absolute atomic E-state index is 10.2. The van der Waals surface area contributed by atoms with Gasteiger partial charge in [-0.2, -0.15) is 0 Å². The highest BCUT2D eigenvalue weighted by Gasteiger charge is 2.10. The van der Waals surface area contributed by atoms with E-state index in [1.54, 1.807) is 13.4 Å². The predicted octanol–water partition coefficient (Wildman–Crippen LogP) is 2.93. The molecule has 21 heavy (non-hydrogen) atoms. The molecule has 1 aromatic carbocycles. The number of rotatable bonds is 8. The lowest BCUT2D eigenvalue weighted by atomic mass is 10.1. The molecule has 0 aliphatic rings. The molecule has 1 aromatic heterocycles. The molecule has 0 saturated carbocycles. The number of nitrogens with one attached hydrogen (secondary N) is 1. The van der Waals surface area contributed by atoms with E-state index >= 15 is 0 Å². The summed E-state index contributed by atoms with van der Waals surface area (Å²) < 4.78 is 10.5. The van der Waals surface area contributed by atoms with Gasteiger partial charge in [-0.25, -0.2) is 0 Å². The Bertz CT molecular complexity index is 525. The van der Waals surface area contributed by atoms with Crippen LogP contribution in [0.1, 0.15) is 30.8 Å². The third kappa shape index (κ3) is 4.92. The van der Waals surface area contributed by atoms with Crippen molar-refractivity contribution in [1.82, 2.24) is 5.32 Å². The standard InChI is InChI=1S/C17H23NO3/c1-13(8-9-15-7-4-10-21-15)18-12-17(19)14-5-3-6-16(11-14)20-2/h3-7,10-11,13,17-19H,8-9,12H2,1-2H3. The number of hydrogen-bond donors (Lipinski definition) is 2. The van der Waals surface area contributed by atoms with Crippen molar-refractivity contribution in [3.8, 4) is 5.75 Å². The van der Waals surface area contributed by atoms with Crippen molar-refractivity contribution < 1.29 is 14.3 Å². The van der Waals surface area contributed by atoms with Crippen LogP contribution in [0.2, 0.25) is 0 Å². The zero-order valence-corrected chi connectivity index (χ0v) is 12.6. The Labute approximate surface area is 125 Å². The van der Waals surface area contributed by atoms with Gasteiger partial charge in [-0.1, -0.05) is 12.1 Å². The highest BCUT2D eigenvalue weighted by atomic mass is 16.5. The van der Waals surface area contributed by atoms with Crippen LogP contribution < -0.4 is 10.1 Å². The first-order valence-corrected chi connectivity index (χ1v) is 7.27. The smallest absolute Gasteiger partial charge is 0.119 e. The van der Waals surface area contributed by atoms with Crippen molar-refractivity contribution in [2.75, 3.05) is 13.7 Å². The van der Waals surface area contributed by atoms with Crippen molar-refractivity contribution in [1.29, 1.82) is 0 Å². The SMILES string of the molecule is COc1cccc(C(O)CNC(C)CCc2ccco2)c1. The van der Waals surface area contributed by atoms with E-state index in [-0.39, 0.29) is 0 Å². The van der Waals surface area contributed by atoms with E-state index in [0.717, 1.165) is 29.9 Å². The lowest BCUT2D eigenvalue weighted by molar-refractivity contribution is 0.169. The van der Waals surface area contributed by atoms with Gasteiger partial charge in [0.1, 0.15) is 11.5 Å². The average molecular weight is 289 g/mol. The number of aryl methyl sites for hydroxylation is 1. The fourth-order valence-electron chi connectivity index (χ4n) is 2.20. The van der Waals surface area contributed by atoms with Crippen LogP contribution in [0.15, 0.2) is 47.1 Å². The van der Waals surface area contributed by atoms with Gasteiger partial charge in [-0.15, -0.1) is 0 Å². The van der Waals surface area contributed by atoms with Gasteiger partial charge < -0.3 is 19.6 Å². The van der Waals surface area contributed by atoms with Gasteiger partial charge in [-0.3, -0.25) is 0 Å². The summed E-state index contributed by atoms with van der Waals surface area (Å²) in [4.78, 5) is 0. The van der Waals surface area contributed by atoms with Crippen LogP contribution in [0.4, 0.5) is 0 Å². The quantitative estimate of drug-likeness (QED) is 0.784. The third-order valence-corrected chi connectivity index (χ3v) is 3.54. The summed E-state index contributed by atoms with van der Waals surface area (Å²) in [5.41, 5.74) is 0.861. The third-order valence-electron chi connectivity index (χ3n) is 3.54. The topological polar surface area (TPSA) is 54.6 Å². The molecule has 2 atom stereocenters. The Morgan fingerprint density at radius 2 is 2.14 bits per heavy atom. The molecule has 2 rings (SSSR count). The second-order valence-electron chi connectivity index (χ2n) is 5.22. The Balaban J connectivity index is 1.75. The molecule has 2 aromatic rings. The van der Waals surface area contributed by atoms with Gasteiger partial charge in [0.2, 0.25) is 0 Å². The molecular formula is C17H23NO3. The van der Waals surface area contributed by atoms with Crippen LogP contribution in [-0.4, -0.2) is 24.8 Å². The zero-order chi connectivity index (χ0) is 15.1. The summed E-state index contributed by atoms with van der Waals surface area (Å²) in [6, 6.07) is 11.7. The molecule has 0 spiro atoms. The first-order chi connectivity index (χ1) is 10.2. The summed E-state index contributed by atoms with van der Waals surface area (Å²) in [5, 5.41) is 13.6. The van der Waals surface area contributed by atoms with Gasteiger partial charge in [0.25, 0.3) is 0 Å². The minimum atomic E-state index is -0.536. The van der Waals surface area contributed by atoms with Crippen LogP contribution in [0.5, 0.6) is 5.75 Å². The van der Waals surface area contributed by atoms with Crippen molar-refractivity contribution in [3.63, 3.8) is 0 Å². The maximum atomic E-state index is 10.2. The van der Waals surface area contributed by atoms with Crippen molar-refractivity contribution in [3.05, 3.63) is 54.0 Å². The summed E-state index contributed by atoms with van der Waals surface area (Å²) >= 11 is 0. The van der Waals surface area contributed by atoms with Gasteiger partial charge in [0, 0.05) is 19.0 Å². The minimum Gasteiger partial charge on any atom is -0.497 e. The molecule has 0 radical (unpaired) electrons. The number of aliphatic hydroxyl groups excluding tert-OH is 1. The molecule has 0 saturated heterocycles. The number of furan rings is 1. The second-order valence-corrected chi connectivity index (χ2v) is 5.22. The summed E-state index contributed by atoms with van der Waals surface area (Å²) in [5.74, 6) is 1.76. The van der Waals surface area contributed by atoms with E-state index in [4.69, 9.17) is 9.15 Å². The molecule has 0 bridgehead atoms. The van der Waals surface area contributed by atoms with Crippen LogP contribution >= 0.6 is 0 Å². The van der Waals surface area contributed by atoms with E-state index in [9.17, 15) is 5.11 Å². The normalized spacial score (nSPS) is 13.9. The minimum absolute atomic E-state index is 0.315. The molecule has 2 N–H and O–H groups in total. The van der Waals surface area contributed by atoms with Crippen molar-refractivity contribution >= 4 is 0 Å². The van der Waals surface area contributed by atoms with Crippen LogP contribution in [0, 0.1) is 0 Å². The number of hydrogen-bond acceptors (Lipinski definition) is 4. The van der Waals surface area contributed by atoms with Gasteiger partial charge in [0.15, 0.2) is 0 Å². The van der Waals surface area contributed by atoms with Crippen LogP contribution in [0.3, 0.4) is 0 Å². The first-order valence-electron chi connectivity index (χ1n) is 7.27. The second kappa shape index (κ2) is 7.86. The van der Waals surface area contributed by atoms with Gasteiger partial charge in [0.05, 0.1) is 19.5 Å². The average Bonchev–Trinajstić information content (AvgIpc) is 3.04. The van der Waals surface area contributed by atoms with E-state index in [0.29, 0.717) is 12.6 Å². The Morgan fingerprint density at radius 1 is 1.29 bits per heavy atom. The highest BCUT2D eigenvalue weighted by molar-refractivity contribution is 5.29. The van der Waals surface area contributed by atoms with Crippen molar-refractivity contribution in [2.24, 2.45) is 0 Å². The van der Waals surface area contributed by atoms with Gasteiger partial charge >= 0.3 is 0 Å². The van der Waals surface area contributed by atoms with Crippen LogP contribution in [-0.2, 0) is 6.42 Å². The van der Waals surface area contributed by atoms with Crippen molar-refractivity contribution in [2.45, 2.75) is 31.9 Å². The highest BCUT2D eigenvalue weighted by Crippen LogP contribution is 2.18.